The van der Waals surface area contributed by atoms with Gasteiger partial charge in [-0.2, -0.15) is 0 Å². The van der Waals surface area contributed by atoms with Crippen molar-refractivity contribution in [3.05, 3.63) is 64.1 Å². The summed E-state index contributed by atoms with van der Waals surface area (Å²) in [6.45, 7) is 0.723. The van der Waals surface area contributed by atoms with E-state index < -0.39 is 0 Å². The molecule has 1 aromatic carbocycles. The van der Waals surface area contributed by atoms with Crippen LogP contribution in [0.3, 0.4) is 0 Å². The molecule has 3 rings (SSSR count). The molecule has 3 nitrogen and oxygen atoms in total. The second-order valence-corrected chi connectivity index (χ2v) is 5.92. The summed E-state index contributed by atoms with van der Waals surface area (Å²) in [7, 11) is 0. The van der Waals surface area contributed by atoms with Gasteiger partial charge < -0.3 is 4.90 Å². The van der Waals surface area contributed by atoms with Crippen molar-refractivity contribution >= 4 is 21.8 Å². The molecule has 0 aliphatic carbocycles. The lowest BCUT2D eigenvalue weighted by Crippen LogP contribution is -2.30. The molecule has 1 aliphatic rings. The molecule has 0 bridgehead atoms. The van der Waals surface area contributed by atoms with E-state index in [0.717, 1.165) is 24.9 Å². The van der Waals surface area contributed by atoms with Gasteiger partial charge in [0.25, 0.3) is 5.91 Å². The molecular formula is C16H14BrFN2O. The van der Waals surface area contributed by atoms with Gasteiger partial charge in [-0.05, 0) is 64.7 Å². The fourth-order valence-corrected chi connectivity index (χ4v) is 3.12. The molecule has 2 aromatic rings. The summed E-state index contributed by atoms with van der Waals surface area (Å²) in [4.78, 5) is 18.5. The van der Waals surface area contributed by atoms with Gasteiger partial charge in [-0.25, -0.2) is 4.39 Å². The molecule has 1 atom stereocenters. The number of aromatic nitrogens is 1. The zero-order valence-electron chi connectivity index (χ0n) is 11.3. The highest BCUT2D eigenvalue weighted by Gasteiger charge is 2.30. The summed E-state index contributed by atoms with van der Waals surface area (Å²) in [5, 5.41) is 0. The fraction of sp³-hybridized carbons (Fsp3) is 0.250. The van der Waals surface area contributed by atoms with E-state index in [0.29, 0.717) is 10.0 Å². The zero-order valence-corrected chi connectivity index (χ0v) is 12.9. The summed E-state index contributed by atoms with van der Waals surface area (Å²) in [5.41, 5.74) is 1.60. The third-order valence-electron chi connectivity index (χ3n) is 3.77. The molecule has 1 unspecified atom stereocenters. The van der Waals surface area contributed by atoms with Crippen molar-refractivity contribution in [2.45, 2.75) is 18.9 Å². The number of rotatable bonds is 2. The fourth-order valence-electron chi connectivity index (χ4n) is 2.74. The van der Waals surface area contributed by atoms with Crippen LogP contribution in [0.2, 0.25) is 0 Å². The number of halogens is 2. The summed E-state index contributed by atoms with van der Waals surface area (Å²) in [5.74, 6) is -0.423. The Morgan fingerprint density at radius 3 is 2.76 bits per heavy atom. The number of amides is 1. The van der Waals surface area contributed by atoms with E-state index in [4.69, 9.17) is 0 Å². The van der Waals surface area contributed by atoms with Gasteiger partial charge in [0.2, 0.25) is 0 Å². The first kappa shape index (κ1) is 14.2. The average molecular weight is 349 g/mol. The zero-order chi connectivity index (χ0) is 14.8. The van der Waals surface area contributed by atoms with Crippen LogP contribution in [-0.4, -0.2) is 22.3 Å². The molecule has 1 saturated heterocycles. The van der Waals surface area contributed by atoms with Crippen LogP contribution in [-0.2, 0) is 0 Å². The minimum atomic E-state index is -0.362. The van der Waals surface area contributed by atoms with Gasteiger partial charge in [0.15, 0.2) is 0 Å². The third kappa shape index (κ3) is 2.83. The highest BCUT2D eigenvalue weighted by Crippen LogP contribution is 2.33. The summed E-state index contributed by atoms with van der Waals surface area (Å²) >= 11 is 3.13. The maximum atomic E-state index is 13.3. The number of likely N-dealkylation sites (tertiary alicyclic amines) is 1. The summed E-state index contributed by atoms with van der Waals surface area (Å²) < 4.78 is 13.6. The van der Waals surface area contributed by atoms with E-state index in [1.54, 1.807) is 18.5 Å². The van der Waals surface area contributed by atoms with E-state index in [9.17, 15) is 9.18 Å². The van der Waals surface area contributed by atoms with Crippen LogP contribution in [0.5, 0.6) is 0 Å². The second kappa shape index (κ2) is 5.93. The molecule has 2 heterocycles. The average Bonchev–Trinajstić information content (AvgIpc) is 2.99. The topological polar surface area (TPSA) is 33.2 Å². The molecule has 108 valence electrons. The predicted molar refractivity (Wildman–Crippen MR) is 81.3 cm³/mol. The Morgan fingerprint density at radius 1 is 1.29 bits per heavy atom. The van der Waals surface area contributed by atoms with Gasteiger partial charge in [-0.15, -0.1) is 0 Å². The Morgan fingerprint density at radius 2 is 2.05 bits per heavy atom. The smallest absolute Gasteiger partial charge is 0.254 e. The second-order valence-electron chi connectivity index (χ2n) is 5.07. The number of carbonyl (C=O) groups is 1. The molecular weight excluding hydrogens is 335 g/mol. The van der Waals surface area contributed by atoms with Crippen LogP contribution in [0.1, 0.15) is 34.8 Å². The molecule has 0 saturated carbocycles. The van der Waals surface area contributed by atoms with Gasteiger partial charge in [-0.3, -0.25) is 9.78 Å². The molecule has 0 spiro atoms. The Bertz CT molecular complexity index is 663. The summed E-state index contributed by atoms with van der Waals surface area (Å²) in [6, 6.07) is 8.34. The van der Waals surface area contributed by atoms with Crippen LogP contribution in [0, 0.1) is 5.82 Å². The monoisotopic (exact) mass is 348 g/mol. The van der Waals surface area contributed by atoms with Crippen molar-refractivity contribution in [3.63, 3.8) is 0 Å². The van der Waals surface area contributed by atoms with E-state index >= 15 is 0 Å². The van der Waals surface area contributed by atoms with Crippen molar-refractivity contribution in [2.75, 3.05) is 6.54 Å². The number of pyridine rings is 1. The molecule has 1 aliphatic heterocycles. The minimum absolute atomic E-state index is 0.0602. The quantitative estimate of drug-likeness (QED) is 0.822. The first-order valence-electron chi connectivity index (χ1n) is 6.83. The van der Waals surface area contributed by atoms with Gasteiger partial charge in [0, 0.05) is 24.5 Å². The van der Waals surface area contributed by atoms with Crippen molar-refractivity contribution < 1.29 is 9.18 Å². The lowest BCUT2D eigenvalue weighted by Gasteiger charge is -2.25. The Balaban J connectivity index is 1.88. The van der Waals surface area contributed by atoms with Gasteiger partial charge in [-0.1, -0.05) is 0 Å². The first-order chi connectivity index (χ1) is 10.2. The minimum Gasteiger partial charge on any atom is -0.332 e. The van der Waals surface area contributed by atoms with Crippen molar-refractivity contribution in [3.8, 4) is 0 Å². The third-order valence-corrected chi connectivity index (χ3v) is 4.38. The van der Waals surface area contributed by atoms with Crippen LogP contribution in [0.25, 0.3) is 0 Å². The van der Waals surface area contributed by atoms with Gasteiger partial charge in [0.1, 0.15) is 5.82 Å². The number of benzene rings is 1. The molecule has 1 aromatic heterocycles. The lowest BCUT2D eigenvalue weighted by molar-refractivity contribution is 0.0735. The van der Waals surface area contributed by atoms with Crippen molar-refractivity contribution in [1.82, 2.24) is 9.88 Å². The van der Waals surface area contributed by atoms with Crippen LogP contribution < -0.4 is 0 Å². The maximum absolute atomic E-state index is 13.3. The Kier molecular flexibility index (Phi) is 4.01. The molecule has 0 N–H and O–H groups in total. The molecule has 5 heteroatoms. The maximum Gasteiger partial charge on any atom is 0.254 e. The standard InChI is InChI=1S/C16H14BrFN2O/c17-13-10-12(3-4-14(13)18)16(21)20-9-1-2-15(20)11-5-7-19-8-6-11/h3-8,10,15H,1-2,9H2. The number of carbonyl (C=O) groups excluding carboxylic acids is 1. The SMILES string of the molecule is O=C(c1ccc(F)c(Br)c1)N1CCCC1c1ccncc1. The number of nitrogens with zero attached hydrogens (tertiary/aromatic N) is 2. The first-order valence-corrected chi connectivity index (χ1v) is 7.62. The number of hydrogen-bond donors (Lipinski definition) is 0. The highest BCUT2D eigenvalue weighted by atomic mass is 79.9. The van der Waals surface area contributed by atoms with Gasteiger partial charge in [0.05, 0.1) is 10.5 Å². The van der Waals surface area contributed by atoms with E-state index in [2.05, 4.69) is 20.9 Å². The summed E-state index contributed by atoms with van der Waals surface area (Å²) in [6.07, 6.45) is 5.40. The normalized spacial score (nSPS) is 18.0. The highest BCUT2D eigenvalue weighted by molar-refractivity contribution is 9.10. The molecule has 21 heavy (non-hydrogen) atoms. The van der Waals surface area contributed by atoms with E-state index in [-0.39, 0.29) is 17.8 Å². The van der Waals surface area contributed by atoms with E-state index in [1.165, 1.54) is 12.1 Å². The van der Waals surface area contributed by atoms with Crippen LogP contribution in [0.4, 0.5) is 4.39 Å². The predicted octanol–water partition coefficient (Wildman–Crippen LogP) is 3.96. The lowest BCUT2D eigenvalue weighted by atomic mass is 10.1. The largest absolute Gasteiger partial charge is 0.332 e. The Labute approximate surface area is 130 Å². The Hall–Kier alpha value is -1.75. The number of hydrogen-bond acceptors (Lipinski definition) is 2. The van der Waals surface area contributed by atoms with Crippen LogP contribution in [0.15, 0.2) is 47.2 Å². The van der Waals surface area contributed by atoms with Crippen LogP contribution >= 0.6 is 15.9 Å². The molecule has 0 radical (unpaired) electrons. The van der Waals surface area contributed by atoms with Gasteiger partial charge >= 0.3 is 0 Å². The molecule has 1 amide bonds. The van der Waals surface area contributed by atoms with E-state index in [1.807, 2.05) is 17.0 Å². The van der Waals surface area contributed by atoms with Crippen molar-refractivity contribution in [1.29, 1.82) is 0 Å². The molecule has 1 fully saturated rings. The van der Waals surface area contributed by atoms with Crippen molar-refractivity contribution in [2.24, 2.45) is 0 Å².